The van der Waals surface area contributed by atoms with Crippen LogP contribution in [0.25, 0.3) is 11.1 Å². The van der Waals surface area contributed by atoms with E-state index in [2.05, 4.69) is 50.4 Å². The molecule has 6 nitrogen and oxygen atoms in total. The summed E-state index contributed by atoms with van der Waals surface area (Å²) in [6, 6.07) is 19.2. The van der Waals surface area contributed by atoms with Crippen LogP contribution in [0.15, 0.2) is 59.6 Å². The van der Waals surface area contributed by atoms with Gasteiger partial charge in [-0.15, -0.1) is 0 Å². The van der Waals surface area contributed by atoms with Crippen LogP contribution in [0.3, 0.4) is 0 Å². The van der Waals surface area contributed by atoms with Crippen molar-refractivity contribution in [3.05, 3.63) is 54.6 Å². The molecular weight excluding hydrogens is 376 g/mol. The van der Waals surface area contributed by atoms with E-state index < -0.39 is 0 Å². The molecule has 1 atom stereocenters. The fraction of sp³-hybridized carbons (Fsp3) is 0.458. The molecule has 2 saturated heterocycles. The molecule has 1 N–H and O–H groups in total. The first-order chi connectivity index (χ1) is 14.8. The number of guanidine groups is 1. The number of morpholine rings is 1. The van der Waals surface area contributed by atoms with Gasteiger partial charge in [-0.1, -0.05) is 48.5 Å². The van der Waals surface area contributed by atoms with Crippen molar-refractivity contribution in [2.75, 3.05) is 59.6 Å². The smallest absolute Gasteiger partial charge is 0.193 e. The molecule has 2 fully saturated rings. The minimum absolute atomic E-state index is 0.587. The number of benzene rings is 2. The molecule has 2 aliphatic heterocycles. The van der Waals surface area contributed by atoms with Gasteiger partial charge in [0.05, 0.1) is 19.8 Å². The van der Waals surface area contributed by atoms with E-state index in [-0.39, 0.29) is 0 Å². The molecule has 2 heterocycles. The van der Waals surface area contributed by atoms with Crippen LogP contribution in [0.1, 0.15) is 6.42 Å². The summed E-state index contributed by atoms with van der Waals surface area (Å²) in [5, 5.41) is 3.47. The van der Waals surface area contributed by atoms with Crippen molar-refractivity contribution in [2.45, 2.75) is 12.5 Å². The summed E-state index contributed by atoms with van der Waals surface area (Å²) in [7, 11) is 1.86. The highest BCUT2D eigenvalue weighted by molar-refractivity contribution is 5.80. The molecule has 0 aliphatic carbocycles. The van der Waals surface area contributed by atoms with Crippen LogP contribution in [0.5, 0.6) is 5.75 Å². The van der Waals surface area contributed by atoms with Crippen LogP contribution >= 0.6 is 0 Å². The van der Waals surface area contributed by atoms with Crippen molar-refractivity contribution in [3.63, 3.8) is 0 Å². The fourth-order valence-electron chi connectivity index (χ4n) is 4.28. The van der Waals surface area contributed by atoms with E-state index in [1.165, 1.54) is 12.0 Å². The van der Waals surface area contributed by atoms with E-state index in [1.807, 2.05) is 31.3 Å². The molecule has 160 valence electrons. The Bertz CT molecular complexity index is 821. The minimum Gasteiger partial charge on any atom is -0.491 e. The molecule has 0 amide bonds. The van der Waals surface area contributed by atoms with E-state index in [0.29, 0.717) is 19.2 Å². The Morgan fingerprint density at radius 1 is 1.07 bits per heavy atom. The number of aliphatic imine (C=N–C) groups is 1. The second-order valence-corrected chi connectivity index (χ2v) is 7.72. The summed E-state index contributed by atoms with van der Waals surface area (Å²) >= 11 is 0. The molecule has 2 aliphatic rings. The summed E-state index contributed by atoms with van der Waals surface area (Å²) in [4.78, 5) is 9.41. The normalized spacial score (nSPS) is 20.4. The predicted molar refractivity (Wildman–Crippen MR) is 121 cm³/mol. The van der Waals surface area contributed by atoms with Gasteiger partial charge < -0.3 is 19.7 Å². The molecular formula is C24H32N4O2. The third kappa shape index (κ3) is 5.12. The van der Waals surface area contributed by atoms with Gasteiger partial charge in [0.2, 0.25) is 0 Å². The number of hydrogen-bond donors (Lipinski definition) is 1. The molecule has 0 aromatic heterocycles. The van der Waals surface area contributed by atoms with E-state index in [4.69, 9.17) is 9.47 Å². The molecule has 4 rings (SSSR count). The minimum atomic E-state index is 0.587. The summed E-state index contributed by atoms with van der Waals surface area (Å²) < 4.78 is 11.6. The summed E-state index contributed by atoms with van der Waals surface area (Å²) in [5.41, 5.74) is 2.29. The Kier molecular flexibility index (Phi) is 7.21. The quantitative estimate of drug-likeness (QED) is 0.453. The zero-order chi connectivity index (χ0) is 20.6. The second-order valence-electron chi connectivity index (χ2n) is 7.72. The zero-order valence-electron chi connectivity index (χ0n) is 17.8. The lowest BCUT2D eigenvalue weighted by atomic mass is 10.1. The van der Waals surface area contributed by atoms with Crippen LogP contribution in [0, 0.1) is 0 Å². The third-order valence-corrected chi connectivity index (χ3v) is 5.85. The average Bonchev–Trinajstić information content (AvgIpc) is 3.31. The van der Waals surface area contributed by atoms with Gasteiger partial charge in [0.25, 0.3) is 0 Å². The monoisotopic (exact) mass is 408 g/mol. The van der Waals surface area contributed by atoms with Crippen LogP contribution in [0.4, 0.5) is 0 Å². The Balaban J connectivity index is 1.26. The summed E-state index contributed by atoms with van der Waals surface area (Å²) in [6.07, 6.45) is 1.18. The predicted octanol–water partition coefficient (Wildman–Crippen LogP) is 2.71. The van der Waals surface area contributed by atoms with Gasteiger partial charge in [-0.05, 0) is 18.1 Å². The lowest BCUT2D eigenvalue weighted by Gasteiger charge is -2.32. The number of para-hydroxylation sites is 1. The first-order valence-corrected chi connectivity index (χ1v) is 10.9. The van der Waals surface area contributed by atoms with Crippen LogP contribution < -0.4 is 10.1 Å². The molecule has 2 aromatic carbocycles. The standard InChI is InChI=1S/C24H32N4O2/c1-25-24(28-13-11-21(19-28)27-14-17-29-18-15-27)26-12-16-30-23-10-6-5-9-22(23)20-7-3-2-4-8-20/h2-10,21H,11-19H2,1H3,(H,25,26). The number of nitrogens with zero attached hydrogens (tertiary/aromatic N) is 3. The van der Waals surface area contributed by atoms with E-state index >= 15 is 0 Å². The van der Waals surface area contributed by atoms with Crippen molar-refractivity contribution in [1.29, 1.82) is 0 Å². The topological polar surface area (TPSA) is 49.3 Å². The SMILES string of the molecule is CN=C(NCCOc1ccccc1-c1ccccc1)N1CCC(N2CCOCC2)C1. The molecule has 6 heteroatoms. The van der Waals surface area contributed by atoms with E-state index in [9.17, 15) is 0 Å². The lowest BCUT2D eigenvalue weighted by molar-refractivity contribution is 0.0195. The fourth-order valence-corrected chi connectivity index (χ4v) is 4.28. The summed E-state index contributed by atoms with van der Waals surface area (Å²) in [6.45, 7) is 7.16. The molecule has 0 spiro atoms. The van der Waals surface area contributed by atoms with E-state index in [0.717, 1.165) is 56.7 Å². The molecule has 0 bridgehead atoms. The Morgan fingerprint density at radius 3 is 2.63 bits per heavy atom. The van der Waals surface area contributed by atoms with Crippen LogP contribution in [-0.2, 0) is 4.74 Å². The Hall–Kier alpha value is -2.57. The number of likely N-dealkylation sites (tertiary alicyclic amines) is 1. The van der Waals surface area contributed by atoms with Crippen LogP contribution in [-0.4, -0.2) is 81.4 Å². The molecule has 2 aromatic rings. The maximum Gasteiger partial charge on any atom is 0.193 e. The maximum absolute atomic E-state index is 6.11. The van der Waals surface area contributed by atoms with Gasteiger partial charge >= 0.3 is 0 Å². The second kappa shape index (κ2) is 10.5. The third-order valence-electron chi connectivity index (χ3n) is 5.85. The largest absolute Gasteiger partial charge is 0.491 e. The highest BCUT2D eigenvalue weighted by Crippen LogP contribution is 2.29. The molecule has 1 unspecified atom stereocenters. The van der Waals surface area contributed by atoms with Crippen molar-refractivity contribution in [1.82, 2.24) is 15.1 Å². The van der Waals surface area contributed by atoms with Crippen molar-refractivity contribution in [3.8, 4) is 16.9 Å². The highest BCUT2D eigenvalue weighted by atomic mass is 16.5. The van der Waals surface area contributed by atoms with Gasteiger partial charge in [-0.3, -0.25) is 9.89 Å². The number of rotatable bonds is 6. The van der Waals surface area contributed by atoms with Gasteiger partial charge in [-0.25, -0.2) is 0 Å². The van der Waals surface area contributed by atoms with E-state index in [1.54, 1.807) is 0 Å². The first kappa shape index (κ1) is 20.7. The summed E-state index contributed by atoms with van der Waals surface area (Å²) in [5.74, 6) is 1.87. The zero-order valence-corrected chi connectivity index (χ0v) is 17.8. The Labute approximate surface area is 179 Å². The Morgan fingerprint density at radius 2 is 1.83 bits per heavy atom. The van der Waals surface area contributed by atoms with Gasteiger partial charge in [0.15, 0.2) is 5.96 Å². The maximum atomic E-state index is 6.11. The number of nitrogens with one attached hydrogen (secondary N) is 1. The lowest BCUT2D eigenvalue weighted by Crippen LogP contribution is -2.47. The van der Waals surface area contributed by atoms with Crippen molar-refractivity contribution >= 4 is 5.96 Å². The molecule has 0 saturated carbocycles. The van der Waals surface area contributed by atoms with Crippen molar-refractivity contribution < 1.29 is 9.47 Å². The molecule has 30 heavy (non-hydrogen) atoms. The van der Waals surface area contributed by atoms with Crippen molar-refractivity contribution in [2.24, 2.45) is 4.99 Å². The number of ether oxygens (including phenoxy) is 2. The first-order valence-electron chi connectivity index (χ1n) is 10.9. The average molecular weight is 409 g/mol. The van der Waals surface area contributed by atoms with Gasteiger partial charge in [0.1, 0.15) is 12.4 Å². The van der Waals surface area contributed by atoms with Gasteiger partial charge in [-0.2, -0.15) is 0 Å². The van der Waals surface area contributed by atoms with Gasteiger partial charge in [0, 0.05) is 44.8 Å². The number of hydrogen-bond acceptors (Lipinski definition) is 4. The molecule has 0 radical (unpaired) electrons. The van der Waals surface area contributed by atoms with Crippen LogP contribution in [0.2, 0.25) is 0 Å². The highest BCUT2D eigenvalue weighted by Gasteiger charge is 2.30.